The molecule has 62 valence electrons. The average Bonchev–Trinajstić information content (AvgIpc) is 1.97. The van der Waals surface area contributed by atoms with Gasteiger partial charge in [-0.05, 0) is 0 Å². The monoisotopic (exact) mass is 159 g/mol. The van der Waals surface area contributed by atoms with Gasteiger partial charge in [-0.25, -0.2) is 0 Å². The van der Waals surface area contributed by atoms with Gasteiger partial charge >= 0.3 is 5.70 Å². The van der Waals surface area contributed by atoms with E-state index in [1.165, 1.54) is 0 Å². The fraction of sp³-hybridized carbons (Fsp3) is 0.400. The van der Waals surface area contributed by atoms with Crippen molar-refractivity contribution < 1.29 is 10.0 Å². The highest BCUT2D eigenvalue weighted by Gasteiger charge is 2.03. The molecule has 0 rings (SSSR count). The van der Waals surface area contributed by atoms with Crippen LogP contribution < -0.4 is 5.32 Å². The molecule has 0 fully saturated rings. The molecule has 3 N–H and O–H groups in total. The van der Waals surface area contributed by atoms with Crippen LogP contribution in [0.3, 0.4) is 0 Å². The molecule has 0 saturated carbocycles. The fourth-order valence-electron chi connectivity index (χ4n) is 0.388. The Labute approximate surface area is 63.2 Å². The minimum absolute atomic E-state index is 0.0977. The maximum atomic E-state index is 10.0. The number of aliphatic hydroxyl groups is 1. The van der Waals surface area contributed by atoms with E-state index in [-0.39, 0.29) is 18.8 Å². The lowest BCUT2D eigenvalue weighted by atomic mass is 10.5. The lowest BCUT2D eigenvalue weighted by Crippen LogP contribution is -2.14. The first-order valence-electron chi connectivity index (χ1n) is 2.91. The van der Waals surface area contributed by atoms with Crippen molar-refractivity contribution in [1.82, 2.24) is 5.32 Å². The van der Waals surface area contributed by atoms with Crippen LogP contribution in [0.1, 0.15) is 0 Å². The summed E-state index contributed by atoms with van der Waals surface area (Å²) < 4.78 is 0. The van der Waals surface area contributed by atoms with Gasteiger partial charge in [-0.1, -0.05) is 0 Å². The van der Waals surface area contributed by atoms with Crippen molar-refractivity contribution in [2.45, 2.75) is 0 Å². The van der Waals surface area contributed by atoms with Gasteiger partial charge in [0.15, 0.2) is 0 Å². The molecule has 0 aromatic rings. The first-order valence-corrected chi connectivity index (χ1v) is 2.91. The predicted octanol–water partition coefficient (Wildman–Crippen LogP) is -0.664. The van der Waals surface area contributed by atoms with Gasteiger partial charge in [-0.15, -0.1) is 0 Å². The van der Waals surface area contributed by atoms with Crippen molar-refractivity contribution >= 4 is 6.21 Å². The van der Waals surface area contributed by atoms with Crippen LogP contribution >= 0.6 is 0 Å². The Morgan fingerprint density at radius 2 is 2.45 bits per heavy atom. The van der Waals surface area contributed by atoms with E-state index in [2.05, 4.69) is 5.32 Å². The number of allylic oxidation sites excluding steroid dienone is 1. The Morgan fingerprint density at radius 3 is 2.82 bits per heavy atom. The Morgan fingerprint density at radius 1 is 1.82 bits per heavy atom. The minimum atomic E-state index is -0.683. The molecular weight excluding hydrogens is 150 g/mol. The lowest BCUT2D eigenvalue weighted by molar-refractivity contribution is -0.414. The smallest absolute Gasteiger partial charge is 0.302 e. The Bertz CT molecular complexity index is 178. The predicted molar refractivity (Wildman–Crippen MR) is 38.9 cm³/mol. The number of nitro groups is 1. The van der Waals surface area contributed by atoms with Crippen LogP contribution in [0, 0.1) is 15.5 Å². The van der Waals surface area contributed by atoms with Crippen LogP contribution in [0.15, 0.2) is 11.9 Å². The molecule has 6 heteroatoms. The van der Waals surface area contributed by atoms with Gasteiger partial charge in [-0.2, -0.15) is 0 Å². The van der Waals surface area contributed by atoms with E-state index in [4.69, 9.17) is 10.5 Å². The number of rotatable bonds is 5. The van der Waals surface area contributed by atoms with E-state index in [0.717, 1.165) is 6.20 Å². The molecule has 0 saturated heterocycles. The standard InChI is InChI=1S/C5H9N3O3/c6-3-5(8(10)11)4-7-1-2-9/h3-4,6-7,9H,1-2H2/b5-4+,6-3?. The van der Waals surface area contributed by atoms with Crippen LogP contribution in [-0.2, 0) is 0 Å². The first kappa shape index (κ1) is 9.57. The Balaban J connectivity index is 3.91. The molecule has 0 radical (unpaired) electrons. The third kappa shape index (κ3) is 4.04. The van der Waals surface area contributed by atoms with E-state index in [9.17, 15) is 10.1 Å². The number of nitrogens with one attached hydrogen (secondary N) is 2. The van der Waals surface area contributed by atoms with Gasteiger partial charge in [0.2, 0.25) is 0 Å². The molecule has 0 spiro atoms. The maximum absolute atomic E-state index is 10.0. The van der Waals surface area contributed by atoms with Crippen molar-refractivity contribution in [3.8, 4) is 0 Å². The Hall–Kier alpha value is -1.43. The molecule has 0 aliphatic heterocycles. The number of aliphatic hydroxyl groups excluding tert-OH is 1. The van der Waals surface area contributed by atoms with E-state index in [1.807, 2.05) is 0 Å². The summed E-state index contributed by atoms with van der Waals surface area (Å²) in [7, 11) is 0. The summed E-state index contributed by atoms with van der Waals surface area (Å²) in [4.78, 5) is 9.33. The van der Waals surface area contributed by atoms with Gasteiger partial charge in [0.1, 0.15) is 0 Å². The van der Waals surface area contributed by atoms with Crippen molar-refractivity contribution in [1.29, 1.82) is 5.41 Å². The normalized spacial score (nSPS) is 10.8. The second kappa shape index (κ2) is 5.36. The van der Waals surface area contributed by atoms with Gasteiger partial charge in [0.25, 0.3) is 0 Å². The topological polar surface area (TPSA) is 99.2 Å². The van der Waals surface area contributed by atoms with Crippen molar-refractivity contribution in [3.05, 3.63) is 22.0 Å². The van der Waals surface area contributed by atoms with Gasteiger partial charge < -0.3 is 15.8 Å². The number of hydrogen-bond acceptors (Lipinski definition) is 5. The highest BCUT2D eigenvalue weighted by Crippen LogP contribution is 1.86. The maximum Gasteiger partial charge on any atom is 0.302 e. The zero-order valence-corrected chi connectivity index (χ0v) is 5.78. The lowest BCUT2D eigenvalue weighted by Gasteiger charge is -1.93. The fourth-order valence-corrected chi connectivity index (χ4v) is 0.388. The number of nitrogens with zero attached hydrogens (tertiary/aromatic N) is 1. The molecule has 0 heterocycles. The van der Waals surface area contributed by atoms with Gasteiger partial charge in [-0.3, -0.25) is 10.1 Å². The SMILES string of the molecule is N=C/C(=C\NCCO)[N+](=O)[O-]. The van der Waals surface area contributed by atoms with Crippen LogP contribution in [0.25, 0.3) is 0 Å². The average molecular weight is 159 g/mol. The molecule has 0 unspecified atom stereocenters. The van der Waals surface area contributed by atoms with E-state index in [1.54, 1.807) is 0 Å². The van der Waals surface area contributed by atoms with Gasteiger partial charge in [0, 0.05) is 6.54 Å². The summed E-state index contributed by atoms with van der Waals surface area (Å²) in [5, 5.41) is 27.3. The molecule has 11 heavy (non-hydrogen) atoms. The van der Waals surface area contributed by atoms with Crippen LogP contribution in [0.5, 0.6) is 0 Å². The summed E-state index contributed by atoms with van der Waals surface area (Å²) in [5.74, 6) is 0. The second-order valence-electron chi connectivity index (χ2n) is 1.65. The molecule has 0 aromatic carbocycles. The third-order valence-corrected chi connectivity index (χ3v) is 0.865. The molecule has 0 amide bonds. The zero-order valence-electron chi connectivity index (χ0n) is 5.78. The third-order valence-electron chi connectivity index (χ3n) is 0.865. The summed E-state index contributed by atoms with van der Waals surface area (Å²) in [5.41, 5.74) is -0.335. The van der Waals surface area contributed by atoms with Crippen LogP contribution in [0.2, 0.25) is 0 Å². The molecule has 0 aromatic heterocycles. The molecular formula is C5H9N3O3. The molecule has 6 nitrogen and oxygen atoms in total. The molecule has 0 aliphatic carbocycles. The number of hydrogen-bond donors (Lipinski definition) is 3. The highest BCUT2D eigenvalue weighted by atomic mass is 16.6. The first-order chi connectivity index (χ1) is 5.22. The molecule has 0 bridgehead atoms. The van der Waals surface area contributed by atoms with Crippen LogP contribution in [-0.4, -0.2) is 29.4 Å². The van der Waals surface area contributed by atoms with Crippen LogP contribution in [0.4, 0.5) is 0 Å². The summed E-state index contributed by atoms with van der Waals surface area (Å²) in [6.07, 6.45) is 1.70. The zero-order chi connectivity index (χ0) is 8.69. The van der Waals surface area contributed by atoms with E-state index < -0.39 is 4.92 Å². The van der Waals surface area contributed by atoms with Crippen molar-refractivity contribution in [2.75, 3.05) is 13.2 Å². The van der Waals surface area contributed by atoms with Gasteiger partial charge in [0.05, 0.1) is 23.9 Å². The molecule has 0 atom stereocenters. The van der Waals surface area contributed by atoms with Crippen molar-refractivity contribution in [3.63, 3.8) is 0 Å². The Kier molecular flexibility index (Phi) is 4.67. The minimum Gasteiger partial charge on any atom is -0.395 e. The second-order valence-corrected chi connectivity index (χ2v) is 1.65. The summed E-state index contributed by atoms with van der Waals surface area (Å²) in [6.45, 7) is 0.144. The van der Waals surface area contributed by atoms with E-state index >= 15 is 0 Å². The van der Waals surface area contributed by atoms with Crippen molar-refractivity contribution in [2.24, 2.45) is 0 Å². The highest BCUT2D eigenvalue weighted by molar-refractivity contribution is 5.71. The van der Waals surface area contributed by atoms with E-state index in [0.29, 0.717) is 6.21 Å². The summed E-state index contributed by atoms with van der Waals surface area (Å²) in [6, 6.07) is 0. The summed E-state index contributed by atoms with van der Waals surface area (Å²) >= 11 is 0. The molecule has 0 aliphatic rings. The quantitative estimate of drug-likeness (QED) is 0.214. The largest absolute Gasteiger partial charge is 0.395 e.